The number of hydrogen-bond acceptors (Lipinski definition) is 7. The first kappa shape index (κ1) is 14.5. The molecule has 9 heteroatoms. The van der Waals surface area contributed by atoms with Gasteiger partial charge in [-0.1, -0.05) is 23.0 Å². The van der Waals surface area contributed by atoms with Gasteiger partial charge in [0.25, 0.3) is 0 Å². The highest BCUT2D eigenvalue weighted by Gasteiger charge is 2.42. The first-order valence-electron chi connectivity index (χ1n) is 5.16. The molecule has 0 saturated carbocycles. The second-order valence-corrected chi connectivity index (χ2v) is 3.45. The Labute approximate surface area is 103 Å². The van der Waals surface area contributed by atoms with E-state index in [4.69, 9.17) is 9.84 Å². The Morgan fingerprint density at radius 3 is 2.78 bits per heavy atom. The van der Waals surface area contributed by atoms with Crippen LogP contribution in [0.3, 0.4) is 0 Å². The molecule has 4 atom stereocenters. The van der Waals surface area contributed by atoms with Crippen LogP contribution >= 0.6 is 0 Å². The van der Waals surface area contributed by atoms with E-state index in [1.807, 2.05) is 0 Å². The number of hydrogen-bond donors (Lipinski definition) is 4. The summed E-state index contributed by atoms with van der Waals surface area (Å²) in [5.74, 6) is 0. The van der Waals surface area contributed by atoms with Crippen molar-refractivity contribution in [3.8, 4) is 0 Å². The number of carbonyl (C=O) groups is 1. The Hall–Kier alpha value is -1.55. The highest BCUT2D eigenvalue weighted by atomic mass is 16.6. The predicted octanol–water partition coefficient (Wildman–Crippen LogP) is -1.30. The van der Waals surface area contributed by atoms with E-state index >= 15 is 0 Å². The number of ether oxygens (including phenoxy) is 2. The van der Waals surface area contributed by atoms with E-state index in [0.29, 0.717) is 0 Å². The van der Waals surface area contributed by atoms with E-state index in [1.165, 1.54) is 6.08 Å². The van der Waals surface area contributed by atoms with Gasteiger partial charge in [-0.15, -0.1) is 0 Å². The monoisotopic (exact) mass is 261 g/mol. The summed E-state index contributed by atoms with van der Waals surface area (Å²) in [6.45, 7) is 2.90. The molecular formula is C9H15N3O6. The van der Waals surface area contributed by atoms with Crippen LogP contribution < -0.4 is 5.43 Å². The third-order valence-electron chi connectivity index (χ3n) is 2.18. The van der Waals surface area contributed by atoms with Crippen LogP contribution in [0.4, 0.5) is 4.79 Å². The van der Waals surface area contributed by atoms with Crippen LogP contribution in [0.15, 0.2) is 23.0 Å². The molecule has 1 aliphatic heterocycles. The molecule has 4 N–H and O–H groups in total. The van der Waals surface area contributed by atoms with Crippen molar-refractivity contribution in [2.24, 2.45) is 10.3 Å². The number of aliphatic hydroxyl groups is 3. The number of carbonyl (C=O) groups excluding carboxylic acids is 1. The van der Waals surface area contributed by atoms with Gasteiger partial charge in [0.1, 0.15) is 24.9 Å². The van der Waals surface area contributed by atoms with E-state index in [2.05, 4.69) is 27.1 Å². The zero-order valence-corrected chi connectivity index (χ0v) is 9.47. The summed E-state index contributed by atoms with van der Waals surface area (Å²) < 4.78 is 9.51. The molecule has 9 nitrogen and oxygen atoms in total. The lowest BCUT2D eigenvalue weighted by Crippen LogP contribution is -2.38. The second-order valence-electron chi connectivity index (χ2n) is 3.45. The van der Waals surface area contributed by atoms with Gasteiger partial charge in [-0.05, 0) is 0 Å². The summed E-state index contributed by atoms with van der Waals surface area (Å²) in [4.78, 5) is 10.9. The molecule has 102 valence electrons. The molecular weight excluding hydrogens is 246 g/mol. The first-order valence-corrected chi connectivity index (χ1v) is 5.16. The van der Waals surface area contributed by atoms with Crippen molar-refractivity contribution >= 4 is 6.09 Å². The third-order valence-corrected chi connectivity index (χ3v) is 2.18. The minimum absolute atomic E-state index is 0.00566. The number of nitrogens with one attached hydrogen (secondary N) is 1. The fourth-order valence-electron chi connectivity index (χ4n) is 1.29. The van der Waals surface area contributed by atoms with Crippen LogP contribution in [0.25, 0.3) is 0 Å². The van der Waals surface area contributed by atoms with Gasteiger partial charge in [0.2, 0.25) is 0 Å². The smallest absolute Gasteiger partial charge is 0.443 e. The summed E-state index contributed by atoms with van der Waals surface area (Å²) in [5.41, 5.74) is 2.22. The largest absolute Gasteiger partial charge is 0.454 e. The summed E-state index contributed by atoms with van der Waals surface area (Å²) in [7, 11) is 0. The molecule has 0 bridgehead atoms. The number of amides is 1. The average molecular weight is 261 g/mol. The molecule has 1 saturated heterocycles. The Balaban J connectivity index is 2.37. The van der Waals surface area contributed by atoms with E-state index in [-0.39, 0.29) is 6.61 Å². The van der Waals surface area contributed by atoms with Gasteiger partial charge >= 0.3 is 6.09 Å². The molecule has 1 rings (SSSR count). The maximum Gasteiger partial charge on any atom is 0.454 e. The maximum atomic E-state index is 10.9. The molecule has 1 unspecified atom stereocenters. The van der Waals surface area contributed by atoms with Crippen LogP contribution in [0.2, 0.25) is 0 Å². The quantitative estimate of drug-likeness (QED) is 0.275. The van der Waals surface area contributed by atoms with Crippen LogP contribution in [-0.2, 0) is 9.47 Å². The molecule has 0 aromatic heterocycles. The van der Waals surface area contributed by atoms with Crippen molar-refractivity contribution in [2.45, 2.75) is 24.5 Å². The Morgan fingerprint density at radius 1 is 1.50 bits per heavy atom. The summed E-state index contributed by atoms with van der Waals surface area (Å²) >= 11 is 0. The van der Waals surface area contributed by atoms with E-state index < -0.39 is 37.2 Å². The zero-order chi connectivity index (χ0) is 13.5. The Bertz CT molecular complexity index is 323. The lowest BCUT2D eigenvalue weighted by molar-refractivity contribution is -0.0336. The standard InChI is InChI=1S/C9H15N3O6/c1-2-3-17-9(16)11-12-10-8-7(15)6(14)5(4-13)18-8/h2,5-8,13-15H,1,3-4H2,(H,10,11,16)/t5-,6-,7-,8?/m1/s1. The fourth-order valence-corrected chi connectivity index (χ4v) is 1.29. The Kier molecular flexibility index (Phi) is 5.65. The van der Waals surface area contributed by atoms with Gasteiger partial charge in [-0.3, -0.25) is 5.43 Å². The number of rotatable bonds is 5. The van der Waals surface area contributed by atoms with Crippen molar-refractivity contribution in [1.82, 2.24) is 5.43 Å². The van der Waals surface area contributed by atoms with Gasteiger partial charge in [-0.2, -0.15) is 0 Å². The van der Waals surface area contributed by atoms with Gasteiger partial charge < -0.3 is 24.8 Å². The molecule has 0 aromatic rings. The third kappa shape index (κ3) is 3.74. The van der Waals surface area contributed by atoms with E-state index in [0.717, 1.165) is 0 Å². The minimum atomic E-state index is -1.29. The summed E-state index contributed by atoms with van der Waals surface area (Å²) in [6, 6.07) is 0. The van der Waals surface area contributed by atoms with Gasteiger partial charge in [0.15, 0.2) is 6.23 Å². The van der Waals surface area contributed by atoms with Gasteiger partial charge in [-0.25, -0.2) is 4.79 Å². The van der Waals surface area contributed by atoms with E-state index in [9.17, 15) is 15.0 Å². The maximum absolute atomic E-state index is 10.9. The van der Waals surface area contributed by atoms with Crippen LogP contribution in [0.1, 0.15) is 0 Å². The summed E-state index contributed by atoms with van der Waals surface area (Å²) in [5, 5.41) is 34.1. The van der Waals surface area contributed by atoms with Crippen molar-refractivity contribution in [2.75, 3.05) is 13.2 Å². The lowest BCUT2D eigenvalue weighted by Gasteiger charge is -2.12. The van der Waals surface area contributed by atoms with Crippen molar-refractivity contribution in [3.05, 3.63) is 12.7 Å². The van der Waals surface area contributed by atoms with Gasteiger partial charge in [0.05, 0.1) is 6.61 Å². The SMILES string of the molecule is C=CCOC(=O)/N=N\NC1O[C@H](CO)[C@@H](O)[C@H]1O. The van der Waals surface area contributed by atoms with Crippen molar-refractivity contribution in [1.29, 1.82) is 0 Å². The summed E-state index contributed by atoms with van der Waals surface area (Å²) in [6.07, 6.45) is -4.07. The molecule has 1 amide bonds. The molecule has 18 heavy (non-hydrogen) atoms. The lowest BCUT2D eigenvalue weighted by atomic mass is 10.1. The average Bonchev–Trinajstić information content (AvgIpc) is 2.64. The van der Waals surface area contributed by atoms with Gasteiger partial charge in [0, 0.05) is 0 Å². The number of aliphatic hydroxyl groups excluding tert-OH is 3. The zero-order valence-electron chi connectivity index (χ0n) is 9.47. The molecule has 0 spiro atoms. The van der Waals surface area contributed by atoms with Crippen LogP contribution in [0.5, 0.6) is 0 Å². The van der Waals surface area contributed by atoms with Crippen molar-refractivity contribution < 1.29 is 29.6 Å². The Morgan fingerprint density at radius 2 is 2.22 bits per heavy atom. The molecule has 1 aliphatic rings. The second kappa shape index (κ2) is 7.01. The normalized spacial score (nSPS) is 31.5. The molecule has 1 fully saturated rings. The highest BCUT2D eigenvalue weighted by Crippen LogP contribution is 2.19. The predicted molar refractivity (Wildman–Crippen MR) is 57.3 cm³/mol. The minimum Gasteiger partial charge on any atom is -0.443 e. The molecule has 0 radical (unpaired) electrons. The highest BCUT2D eigenvalue weighted by molar-refractivity contribution is 5.67. The van der Waals surface area contributed by atoms with Crippen molar-refractivity contribution in [3.63, 3.8) is 0 Å². The van der Waals surface area contributed by atoms with Crippen LogP contribution in [0, 0.1) is 0 Å². The topological polar surface area (TPSA) is 133 Å². The van der Waals surface area contributed by atoms with Crippen LogP contribution in [-0.4, -0.2) is 59.2 Å². The number of nitrogens with zero attached hydrogens (tertiary/aromatic N) is 2. The van der Waals surface area contributed by atoms with E-state index in [1.54, 1.807) is 0 Å². The fraction of sp³-hybridized carbons (Fsp3) is 0.667. The molecule has 1 heterocycles. The molecule has 0 aromatic carbocycles. The molecule has 0 aliphatic carbocycles. The first-order chi connectivity index (χ1) is 8.60.